The number of benzene rings is 1. The van der Waals surface area contributed by atoms with E-state index < -0.39 is 6.04 Å². The predicted molar refractivity (Wildman–Crippen MR) is 78.1 cm³/mol. The van der Waals surface area contributed by atoms with Crippen molar-refractivity contribution in [2.45, 2.75) is 13.0 Å². The smallest absolute Gasteiger partial charge is 0.252 e. The van der Waals surface area contributed by atoms with Gasteiger partial charge in [-0.05, 0) is 31.2 Å². The second-order valence-electron chi connectivity index (χ2n) is 4.55. The maximum absolute atomic E-state index is 12.3. The van der Waals surface area contributed by atoms with Crippen LogP contribution in [0.1, 0.15) is 29.0 Å². The van der Waals surface area contributed by atoms with Crippen LogP contribution in [0.15, 0.2) is 36.5 Å². The highest BCUT2D eigenvalue weighted by molar-refractivity contribution is 5.94. The average molecular weight is 289 g/mol. The van der Waals surface area contributed by atoms with Crippen molar-refractivity contribution >= 4 is 5.91 Å². The molecule has 0 aliphatic rings. The quantitative estimate of drug-likeness (QED) is 0.840. The van der Waals surface area contributed by atoms with Crippen LogP contribution < -0.4 is 10.1 Å². The zero-order valence-corrected chi connectivity index (χ0v) is 12.1. The maximum atomic E-state index is 12.3. The fourth-order valence-corrected chi connectivity index (χ4v) is 2.07. The number of hydrogen-bond acceptors (Lipinski definition) is 4. The summed E-state index contributed by atoms with van der Waals surface area (Å²) in [5, 5.41) is 16.3. The zero-order chi connectivity index (χ0) is 15.2. The minimum absolute atomic E-state index is 0.198. The topological polar surface area (TPSA) is 76.4 Å². The Hall–Kier alpha value is -2.34. The van der Waals surface area contributed by atoms with Gasteiger partial charge in [0.05, 0.1) is 24.9 Å². The van der Waals surface area contributed by atoms with Gasteiger partial charge in [0.1, 0.15) is 5.75 Å². The van der Waals surface area contributed by atoms with E-state index in [1.54, 1.807) is 48.3 Å². The highest BCUT2D eigenvalue weighted by Crippen LogP contribution is 2.16. The lowest BCUT2D eigenvalue weighted by Crippen LogP contribution is -2.32. The van der Waals surface area contributed by atoms with Gasteiger partial charge < -0.3 is 15.2 Å². The van der Waals surface area contributed by atoms with Gasteiger partial charge in [0, 0.05) is 18.8 Å². The molecule has 0 aliphatic carbocycles. The molecule has 1 unspecified atom stereocenters. The summed E-state index contributed by atoms with van der Waals surface area (Å²) in [6, 6.07) is 8.20. The fourth-order valence-electron chi connectivity index (χ4n) is 2.07. The van der Waals surface area contributed by atoms with Gasteiger partial charge in [0.25, 0.3) is 5.91 Å². The molecular formula is C15H19N3O3. The predicted octanol–water partition coefficient (Wildman–Crippen LogP) is 1.28. The molecule has 0 aliphatic heterocycles. The number of carbonyl (C=O) groups is 1. The van der Waals surface area contributed by atoms with Gasteiger partial charge in [-0.2, -0.15) is 5.10 Å². The van der Waals surface area contributed by atoms with Crippen molar-refractivity contribution in [3.05, 3.63) is 47.8 Å². The van der Waals surface area contributed by atoms with E-state index in [-0.39, 0.29) is 12.5 Å². The molecular weight excluding hydrogens is 270 g/mol. The van der Waals surface area contributed by atoms with Crippen LogP contribution >= 0.6 is 0 Å². The third kappa shape index (κ3) is 3.61. The Morgan fingerprint density at radius 3 is 2.90 bits per heavy atom. The number of nitrogens with zero attached hydrogens (tertiary/aromatic N) is 2. The number of rotatable bonds is 6. The van der Waals surface area contributed by atoms with E-state index in [1.165, 1.54) is 0 Å². The third-order valence-corrected chi connectivity index (χ3v) is 3.11. The van der Waals surface area contributed by atoms with E-state index >= 15 is 0 Å². The van der Waals surface area contributed by atoms with Crippen molar-refractivity contribution in [1.29, 1.82) is 0 Å². The molecule has 1 heterocycles. The van der Waals surface area contributed by atoms with E-state index in [9.17, 15) is 9.90 Å². The van der Waals surface area contributed by atoms with Crippen molar-refractivity contribution in [2.75, 3.05) is 13.2 Å². The summed E-state index contributed by atoms with van der Waals surface area (Å²) in [5.74, 6) is 0.378. The van der Waals surface area contributed by atoms with Crippen molar-refractivity contribution in [2.24, 2.45) is 7.05 Å². The number of ether oxygens (including phenoxy) is 1. The number of carbonyl (C=O) groups excluding carboxylic acids is 1. The molecule has 2 aromatic rings. The summed E-state index contributed by atoms with van der Waals surface area (Å²) in [6.07, 6.45) is 1.62. The number of nitrogens with one attached hydrogen (secondary N) is 1. The number of aliphatic hydroxyl groups excluding tert-OH is 1. The van der Waals surface area contributed by atoms with Crippen molar-refractivity contribution < 1.29 is 14.6 Å². The van der Waals surface area contributed by atoms with Crippen LogP contribution in [0.3, 0.4) is 0 Å². The highest BCUT2D eigenvalue weighted by atomic mass is 16.5. The van der Waals surface area contributed by atoms with Gasteiger partial charge in [-0.3, -0.25) is 9.48 Å². The van der Waals surface area contributed by atoms with E-state index in [4.69, 9.17) is 4.74 Å². The third-order valence-electron chi connectivity index (χ3n) is 3.11. The summed E-state index contributed by atoms with van der Waals surface area (Å²) >= 11 is 0. The maximum Gasteiger partial charge on any atom is 0.252 e. The summed E-state index contributed by atoms with van der Waals surface area (Å²) < 4.78 is 7.00. The Morgan fingerprint density at radius 2 is 2.29 bits per heavy atom. The van der Waals surface area contributed by atoms with E-state index in [0.29, 0.717) is 17.9 Å². The lowest BCUT2D eigenvalue weighted by Gasteiger charge is -2.17. The second-order valence-corrected chi connectivity index (χ2v) is 4.55. The molecule has 1 aromatic heterocycles. The number of aromatic nitrogens is 2. The number of aliphatic hydroxyl groups is 1. The zero-order valence-electron chi connectivity index (χ0n) is 12.1. The fraction of sp³-hybridized carbons (Fsp3) is 0.333. The Morgan fingerprint density at radius 1 is 1.48 bits per heavy atom. The molecule has 0 saturated carbocycles. The first kappa shape index (κ1) is 15.1. The molecule has 1 aromatic carbocycles. The molecule has 2 N–H and O–H groups in total. The first-order valence-corrected chi connectivity index (χ1v) is 6.78. The minimum Gasteiger partial charge on any atom is -0.494 e. The largest absolute Gasteiger partial charge is 0.494 e. The standard InChI is InChI=1S/C15H19N3O3/c1-3-21-12-6-4-5-11(9-12)15(20)17-13(10-19)14-7-8-16-18(14)2/h4-9,13,19H,3,10H2,1-2H3,(H,17,20). The van der Waals surface area contributed by atoms with Gasteiger partial charge in [-0.15, -0.1) is 0 Å². The van der Waals surface area contributed by atoms with Gasteiger partial charge in [-0.1, -0.05) is 6.07 Å². The van der Waals surface area contributed by atoms with Gasteiger partial charge in [0.2, 0.25) is 0 Å². The van der Waals surface area contributed by atoms with Crippen molar-refractivity contribution in [3.63, 3.8) is 0 Å². The first-order chi connectivity index (χ1) is 10.2. The lowest BCUT2D eigenvalue weighted by atomic mass is 10.1. The number of hydrogen-bond donors (Lipinski definition) is 2. The van der Waals surface area contributed by atoms with E-state index in [1.807, 2.05) is 6.92 Å². The summed E-state index contributed by atoms with van der Waals surface area (Å²) in [7, 11) is 1.76. The SMILES string of the molecule is CCOc1cccc(C(=O)NC(CO)c2ccnn2C)c1. The Bertz CT molecular complexity index is 610. The molecule has 6 nitrogen and oxygen atoms in total. The molecule has 0 saturated heterocycles. The molecule has 6 heteroatoms. The Balaban J connectivity index is 2.13. The molecule has 0 radical (unpaired) electrons. The van der Waals surface area contributed by atoms with Crippen LogP contribution in [0.25, 0.3) is 0 Å². The van der Waals surface area contributed by atoms with Crippen molar-refractivity contribution in [3.8, 4) is 5.75 Å². The molecule has 21 heavy (non-hydrogen) atoms. The molecule has 0 spiro atoms. The van der Waals surface area contributed by atoms with Crippen LogP contribution in [0.5, 0.6) is 5.75 Å². The van der Waals surface area contributed by atoms with Crippen LogP contribution in [-0.2, 0) is 7.05 Å². The molecule has 0 fully saturated rings. The molecule has 2 rings (SSSR count). The summed E-state index contributed by atoms with van der Waals surface area (Å²) in [5.41, 5.74) is 1.23. The van der Waals surface area contributed by atoms with Crippen LogP contribution in [0, 0.1) is 0 Å². The van der Waals surface area contributed by atoms with E-state index in [0.717, 1.165) is 5.69 Å². The Labute approximate surface area is 123 Å². The van der Waals surface area contributed by atoms with Crippen molar-refractivity contribution in [1.82, 2.24) is 15.1 Å². The minimum atomic E-state index is -0.499. The van der Waals surface area contributed by atoms with Crippen LogP contribution in [-0.4, -0.2) is 34.0 Å². The lowest BCUT2D eigenvalue weighted by molar-refractivity contribution is 0.0913. The summed E-state index contributed by atoms with van der Waals surface area (Å²) in [6.45, 7) is 2.23. The second kappa shape index (κ2) is 6.90. The number of amides is 1. The summed E-state index contributed by atoms with van der Waals surface area (Å²) in [4.78, 5) is 12.3. The van der Waals surface area contributed by atoms with Gasteiger partial charge >= 0.3 is 0 Å². The Kier molecular flexibility index (Phi) is 4.94. The van der Waals surface area contributed by atoms with Gasteiger partial charge in [0.15, 0.2) is 0 Å². The first-order valence-electron chi connectivity index (χ1n) is 6.78. The van der Waals surface area contributed by atoms with Crippen LogP contribution in [0.4, 0.5) is 0 Å². The van der Waals surface area contributed by atoms with Crippen LogP contribution in [0.2, 0.25) is 0 Å². The highest BCUT2D eigenvalue weighted by Gasteiger charge is 2.17. The van der Waals surface area contributed by atoms with E-state index in [2.05, 4.69) is 10.4 Å². The molecule has 1 atom stereocenters. The molecule has 112 valence electrons. The molecule has 1 amide bonds. The average Bonchev–Trinajstić information content (AvgIpc) is 2.91. The molecule has 0 bridgehead atoms. The van der Waals surface area contributed by atoms with Gasteiger partial charge in [-0.25, -0.2) is 0 Å². The normalized spacial score (nSPS) is 12.0. The monoisotopic (exact) mass is 289 g/mol. The number of aryl methyl sites for hydroxylation is 1.